The smallest absolute Gasteiger partial charge is 0.190 e. The van der Waals surface area contributed by atoms with Gasteiger partial charge in [-0.15, -0.1) is 0 Å². The number of aliphatic hydroxyl groups excluding tert-OH is 3. The summed E-state index contributed by atoms with van der Waals surface area (Å²) in [6.45, 7) is 2.91. The van der Waals surface area contributed by atoms with Crippen molar-refractivity contribution in [1.82, 2.24) is 0 Å². The maximum atomic E-state index is 12.5. The number of rotatable bonds is 2. The maximum Gasteiger partial charge on any atom is 0.190 e. The molecule has 5 nitrogen and oxygen atoms in total. The van der Waals surface area contributed by atoms with Crippen LogP contribution in [0.15, 0.2) is 0 Å². The number of hydrogen-bond donors (Lipinski definition) is 4. The molecule has 0 bridgehead atoms. The molecule has 4 aliphatic rings. The molecule has 148 valence electrons. The van der Waals surface area contributed by atoms with Crippen LogP contribution in [0.25, 0.3) is 0 Å². The Bertz CT molecular complexity index is 747. The lowest BCUT2D eigenvalue weighted by Crippen LogP contribution is -2.63. The van der Waals surface area contributed by atoms with Crippen LogP contribution in [0.5, 0.6) is 0 Å². The number of hydrogen-bond acceptors (Lipinski definition) is 5. The summed E-state index contributed by atoms with van der Waals surface area (Å²) in [5, 5.41) is 42.4. The average Bonchev–Trinajstić information content (AvgIpc) is 2.90. The lowest BCUT2D eigenvalue weighted by atomic mass is 9.43. The molecule has 4 rings (SSSR count). The molecule has 0 radical (unpaired) electrons. The van der Waals surface area contributed by atoms with Crippen molar-refractivity contribution in [1.29, 1.82) is 0 Å². The third-order valence-corrected chi connectivity index (χ3v) is 8.59. The van der Waals surface area contributed by atoms with E-state index in [0.717, 1.165) is 0 Å². The van der Waals surface area contributed by atoms with Gasteiger partial charge < -0.3 is 20.4 Å². The molecule has 1 unspecified atom stereocenters. The summed E-state index contributed by atoms with van der Waals surface area (Å²) in [7, 11) is 0. The molecule has 9 atom stereocenters. The van der Waals surface area contributed by atoms with Crippen LogP contribution in [0.4, 0.5) is 0 Å². The number of ketones is 1. The molecule has 4 aliphatic carbocycles. The van der Waals surface area contributed by atoms with Crippen molar-refractivity contribution in [2.24, 2.45) is 34.5 Å². The van der Waals surface area contributed by atoms with Crippen LogP contribution < -0.4 is 0 Å². The van der Waals surface area contributed by atoms with Gasteiger partial charge in [0.2, 0.25) is 0 Å². The Morgan fingerprint density at radius 1 is 1.19 bits per heavy atom. The number of aliphatic hydroxyl groups is 4. The second-order valence-electron chi connectivity index (χ2n) is 9.55. The molecular weight excluding hydrogens is 332 g/mol. The third kappa shape index (κ3) is 2.27. The standard InChI is InChI=1S/C21H34O5/c1-19-7-5-13(23)9-12(19)3-4-14-15-6-8-21(26,17(25)11-22)20(15,2)10-16(24)18(14)19/h12-16,18,22-24,26H,3-11H2,1-2H3/t12-,13+,14-,15-,16-,18?,19-,20-,21-/m1/s1/i5D2,9D2. The molecule has 0 heterocycles. The largest absolute Gasteiger partial charge is 0.393 e. The maximum absolute atomic E-state index is 12.5. The molecule has 0 aliphatic heterocycles. The SMILES string of the molecule is [2H]C1([2H])C[C@@]2(C)C3[C@H](O)C[C@]4(C)[C@H](CC[C@@]4(O)C(=O)CO)[C@H]3CC[C@@H]2C([2H])([2H])[C@H]1O. The van der Waals surface area contributed by atoms with Gasteiger partial charge in [-0.3, -0.25) is 4.79 Å². The van der Waals surface area contributed by atoms with Crippen molar-refractivity contribution < 1.29 is 30.7 Å². The Hall–Kier alpha value is -0.490. The summed E-state index contributed by atoms with van der Waals surface area (Å²) in [5.41, 5.74) is -3.43. The highest BCUT2D eigenvalue weighted by atomic mass is 16.3. The van der Waals surface area contributed by atoms with Gasteiger partial charge in [-0.1, -0.05) is 13.8 Å². The zero-order valence-electron chi connectivity index (χ0n) is 19.6. The first-order valence-corrected chi connectivity index (χ1v) is 9.89. The monoisotopic (exact) mass is 370 g/mol. The molecule has 0 aromatic heterocycles. The number of fused-ring (bicyclic) bond motifs is 5. The van der Waals surface area contributed by atoms with Gasteiger partial charge in [0.05, 0.1) is 12.2 Å². The van der Waals surface area contributed by atoms with E-state index in [9.17, 15) is 25.2 Å². The van der Waals surface area contributed by atoms with Crippen LogP contribution in [0.2, 0.25) is 0 Å². The van der Waals surface area contributed by atoms with E-state index < -0.39 is 59.7 Å². The zero-order chi connectivity index (χ0) is 22.5. The fraction of sp³-hybridized carbons (Fsp3) is 0.952. The Morgan fingerprint density at radius 2 is 1.92 bits per heavy atom. The first kappa shape index (κ1) is 14.5. The van der Waals surface area contributed by atoms with E-state index in [1.165, 1.54) is 0 Å². The van der Waals surface area contributed by atoms with E-state index in [1.54, 1.807) is 0 Å². The second kappa shape index (κ2) is 6.00. The first-order valence-electron chi connectivity index (χ1n) is 11.9. The van der Waals surface area contributed by atoms with Gasteiger partial charge in [0.25, 0.3) is 0 Å². The molecule has 0 amide bonds. The highest BCUT2D eigenvalue weighted by Crippen LogP contribution is 2.68. The summed E-state index contributed by atoms with van der Waals surface area (Å²) >= 11 is 0. The van der Waals surface area contributed by atoms with Gasteiger partial charge in [-0.2, -0.15) is 0 Å². The van der Waals surface area contributed by atoms with Crippen LogP contribution >= 0.6 is 0 Å². The van der Waals surface area contributed by atoms with Gasteiger partial charge in [0.15, 0.2) is 5.78 Å². The van der Waals surface area contributed by atoms with Crippen LogP contribution in [0.3, 0.4) is 0 Å². The van der Waals surface area contributed by atoms with Crippen molar-refractivity contribution in [2.75, 3.05) is 6.61 Å². The average molecular weight is 371 g/mol. The number of carbonyl (C=O) groups excluding carboxylic acids is 1. The molecule has 26 heavy (non-hydrogen) atoms. The zero-order valence-corrected chi connectivity index (χ0v) is 15.6. The van der Waals surface area contributed by atoms with Crippen LogP contribution in [0, 0.1) is 34.5 Å². The third-order valence-electron chi connectivity index (χ3n) is 8.59. The molecule has 0 aromatic carbocycles. The van der Waals surface area contributed by atoms with E-state index in [-0.39, 0.29) is 37.0 Å². The number of Topliss-reactive ketones (excluding diaryl/α,β-unsaturated/α-hetero) is 1. The summed E-state index contributed by atoms with van der Waals surface area (Å²) < 4.78 is 33.7. The van der Waals surface area contributed by atoms with Crippen LogP contribution in [-0.4, -0.2) is 50.6 Å². The molecule has 4 saturated carbocycles. The van der Waals surface area contributed by atoms with Gasteiger partial charge in [-0.25, -0.2) is 0 Å². The Balaban J connectivity index is 1.76. The van der Waals surface area contributed by atoms with Crippen molar-refractivity contribution in [2.45, 2.75) is 82.9 Å². The predicted octanol–water partition coefficient (Wildman–Crippen LogP) is 1.65. The minimum Gasteiger partial charge on any atom is -0.393 e. The minimum atomic E-state index is -2.11. The molecule has 4 fully saturated rings. The lowest BCUT2D eigenvalue weighted by Gasteiger charge is -2.62. The molecule has 4 N–H and O–H groups in total. The van der Waals surface area contributed by atoms with E-state index in [4.69, 9.17) is 5.48 Å². The fourth-order valence-electron chi connectivity index (χ4n) is 7.28. The van der Waals surface area contributed by atoms with E-state index in [2.05, 4.69) is 0 Å². The molecular formula is C21H34O5. The second-order valence-corrected chi connectivity index (χ2v) is 9.55. The van der Waals surface area contributed by atoms with Crippen LogP contribution in [0.1, 0.15) is 70.6 Å². The molecule has 5 heteroatoms. The van der Waals surface area contributed by atoms with Gasteiger partial charge in [0, 0.05) is 10.9 Å². The molecule has 0 aromatic rings. The van der Waals surface area contributed by atoms with Crippen molar-refractivity contribution in [3.05, 3.63) is 0 Å². The molecule has 0 spiro atoms. The highest BCUT2D eigenvalue weighted by Gasteiger charge is 2.68. The lowest BCUT2D eigenvalue weighted by molar-refractivity contribution is -0.202. The van der Waals surface area contributed by atoms with Gasteiger partial charge in [-0.05, 0) is 80.4 Å². The summed E-state index contributed by atoms with van der Waals surface area (Å²) in [4.78, 5) is 12.5. The van der Waals surface area contributed by atoms with Crippen molar-refractivity contribution in [3.8, 4) is 0 Å². The van der Waals surface area contributed by atoms with Crippen molar-refractivity contribution >= 4 is 5.78 Å². The van der Waals surface area contributed by atoms with E-state index in [1.807, 2.05) is 13.8 Å². The normalized spacial score (nSPS) is 62.5. The predicted molar refractivity (Wildman–Crippen MR) is 96.2 cm³/mol. The van der Waals surface area contributed by atoms with Gasteiger partial charge >= 0.3 is 0 Å². The summed E-state index contributed by atoms with van der Waals surface area (Å²) in [6.07, 6.45) is -4.88. The quantitative estimate of drug-likeness (QED) is 0.593. The molecule has 0 saturated heterocycles. The fourth-order valence-corrected chi connectivity index (χ4v) is 7.28. The summed E-state index contributed by atoms with van der Waals surface area (Å²) in [5.74, 6) is -1.73. The number of carbonyl (C=O) groups is 1. The highest BCUT2D eigenvalue weighted by molar-refractivity contribution is 5.89. The van der Waals surface area contributed by atoms with Crippen molar-refractivity contribution in [3.63, 3.8) is 0 Å². The van der Waals surface area contributed by atoms with Crippen LogP contribution in [-0.2, 0) is 4.79 Å². The summed E-state index contributed by atoms with van der Waals surface area (Å²) in [6, 6.07) is 0. The first-order chi connectivity index (χ1) is 13.7. The Kier molecular flexibility index (Phi) is 3.35. The Morgan fingerprint density at radius 3 is 2.62 bits per heavy atom. The van der Waals surface area contributed by atoms with E-state index in [0.29, 0.717) is 19.3 Å². The van der Waals surface area contributed by atoms with E-state index >= 15 is 0 Å². The Labute approximate surface area is 161 Å². The minimum absolute atomic E-state index is 0.0349. The van der Waals surface area contributed by atoms with Gasteiger partial charge in [0.1, 0.15) is 12.2 Å². The topological polar surface area (TPSA) is 98.0 Å².